The Morgan fingerprint density at radius 2 is 1.74 bits per heavy atom. The lowest BCUT2D eigenvalue weighted by atomic mass is 9.92. The van der Waals surface area contributed by atoms with Crippen molar-refractivity contribution in [2.24, 2.45) is 0 Å². The average molecular weight is 560 g/mol. The molecule has 3 aromatic carbocycles. The molecule has 1 atom stereocenters. The SMILES string of the molecule is O=C(O)COc1cccc2c1CC(S(=O)(=O)Cc1ccc(C(F)(F)F)cc1)c1sc(-c3ccccc3)nc1-2. The number of ether oxygens (including phenoxy) is 1. The van der Waals surface area contributed by atoms with Crippen molar-refractivity contribution in [3.63, 3.8) is 0 Å². The molecule has 0 bridgehead atoms. The highest BCUT2D eigenvalue weighted by Gasteiger charge is 2.39. The molecule has 5 rings (SSSR count). The molecule has 0 fully saturated rings. The molecule has 1 N–H and O–H groups in total. The van der Waals surface area contributed by atoms with Crippen LogP contribution in [-0.4, -0.2) is 31.1 Å². The van der Waals surface area contributed by atoms with Crippen molar-refractivity contribution >= 4 is 27.1 Å². The van der Waals surface area contributed by atoms with Crippen LogP contribution < -0.4 is 4.74 Å². The van der Waals surface area contributed by atoms with E-state index < -0.39 is 45.2 Å². The second-order valence-corrected chi connectivity index (χ2v) is 12.0. The summed E-state index contributed by atoms with van der Waals surface area (Å²) in [7, 11) is -3.94. The molecule has 1 aliphatic rings. The Kier molecular flexibility index (Phi) is 6.74. The van der Waals surface area contributed by atoms with E-state index in [4.69, 9.17) is 14.8 Å². The monoisotopic (exact) mass is 559 g/mol. The van der Waals surface area contributed by atoms with Gasteiger partial charge in [0.15, 0.2) is 16.4 Å². The van der Waals surface area contributed by atoms with E-state index in [9.17, 15) is 26.4 Å². The molecule has 0 radical (unpaired) electrons. The first-order valence-corrected chi connectivity index (χ1v) is 14.0. The van der Waals surface area contributed by atoms with E-state index in [1.807, 2.05) is 30.3 Å². The minimum Gasteiger partial charge on any atom is -0.482 e. The van der Waals surface area contributed by atoms with Crippen molar-refractivity contribution in [1.82, 2.24) is 4.98 Å². The zero-order valence-corrected chi connectivity index (χ0v) is 21.2. The Morgan fingerprint density at radius 3 is 2.39 bits per heavy atom. The van der Waals surface area contributed by atoms with Gasteiger partial charge in [0.1, 0.15) is 16.0 Å². The number of carboxylic acids is 1. The van der Waals surface area contributed by atoms with Gasteiger partial charge in [-0.15, -0.1) is 11.3 Å². The molecule has 1 aromatic heterocycles. The van der Waals surface area contributed by atoms with Gasteiger partial charge in [0, 0.05) is 16.7 Å². The summed E-state index contributed by atoms with van der Waals surface area (Å²) in [6.45, 7) is -0.599. The van der Waals surface area contributed by atoms with E-state index in [-0.39, 0.29) is 17.7 Å². The molecule has 0 spiro atoms. The summed E-state index contributed by atoms with van der Waals surface area (Å²) in [6, 6.07) is 18.4. The summed E-state index contributed by atoms with van der Waals surface area (Å²) in [5.41, 5.74) is 1.83. The smallest absolute Gasteiger partial charge is 0.416 e. The maximum atomic E-state index is 13.8. The van der Waals surface area contributed by atoms with Gasteiger partial charge in [-0.25, -0.2) is 18.2 Å². The summed E-state index contributed by atoms with van der Waals surface area (Å²) in [5.74, 6) is -1.40. The second kappa shape index (κ2) is 9.88. The lowest BCUT2D eigenvalue weighted by Gasteiger charge is -2.25. The molecule has 38 heavy (non-hydrogen) atoms. The molecule has 1 heterocycles. The highest BCUT2D eigenvalue weighted by atomic mass is 32.2. The number of benzene rings is 3. The Bertz CT molecular complexity index is 1600. The summed E-state index contributed by atoms with van der Waals surface area (Å²) in [6.07, 6.45) is -4.51. The van der Waals surface area contributed by atoms with Gasteiger partial charge in [0.25, 0.3) is 0 Å². The number of rotatable bonds is 7. The van der Waals surface area contributed by atoms with Crippen LogP contribution in [0.5, 0.6) is 5.75 Å². The number of hydrogen-bond acceptors (Lipinski definition) is 6. The van der Waals surface area contributed by atoms with E-state index >= 15 is 0 Å². The molecular weight excluding hydrogens is 539 g/mol. The fourth-order valence-corrected chi connectivity index (χ4v) is 7.78. The van der Waals surface area contributed by atoms with Crippen LogP contribution in [0.2, 0.25) is 0 Å². The Morgan fingerprint density at radius 1 is 1.03 bits per heavy atom. The zero-order valence-electron chi connectivity index (χ0n) is 19.6. The highest BCUT2D eigenvalue weighted by Crippen LogP contribution is 2.49. The van der Waals surface area contributed by atoms with Crippen LogP contribution in [0, 0.1) is 0 Å². The number of thiazole rings is 1. The third-order valence-electron chi connectivity index (χ3n) is 6.18. The fraction of sp³-hybridized carbons (Fsp3) is 0.185. The molecule has 0 saturated heterocycles. The first kappa shape index (κ1) is 25.9. The number of aliphatic carboxylic acids is 1. The lowest BCUT2D eigenvalue weighted by Crippen LogP contribution is -2.22. The van der Waals surface area contributed by atoms with Gasteiger partial charge < -0.3 is 9.84 Å². The van der Waals surface area contributed by atoms with Crippen molar-refractivity contribution in [3.8, 4) is 27.6 Å². The minimum absolute atomic E-state index is 0.0114. The zero-order chi connectivity index (χ0) is 27.1. The Balaban J connectivity index is 1.58. The molecule has 4 aromatic rings. The quantitative estimate of drug-likeness (QED) is 0.291. The Hall–Kier alpha value is -3.70. The molecule has 1 aliphatic carbocycles. The largest absolute Gasteiger partial charge is 0.482 e. The van der Waals surface area contributed by atoms with Crippen LogP contribution in [0.3, 0.4) is 0 Å². The van der Waals surface area contributed by atoms with E-state index in [0.29, 0.717) is 26.7 Å². The number of aromatic nitrogens is 1. The molecule has 196 valence electrons. The van der Waals surface area contributed by atoms with Crippen molar-refractivity contribution in [2.45, 2.75) is 23.6 Å². The normalized spacial score (nSPS) is 15.0. The maximum Gasteiger partial charge on any atom is 0.416 e. The van der Waals surface area contributed by atoms with Gasteiger partial charge in [0.2, 0.25) is 0 Å². The van der Waals surface area contributed by atoms with Gasteiger partial charge in [-0.2, -0.15) is 13.2 Å². The number of carboxylic acid groups (broad SMARTS) is 1. The number of fused-ring (bicyclic) bond motifs is 3. The minimum atomic E-state index is -4.53. The standard InChI is InChI=1S/C27H20F3NO5S2/c28-27(29,30)18-11-9-16(10-12-18)15-38(34,35)22-13-20-19(7-4-8-21(20)36-14-23(32)33)24-25(22)37-26(31-24)17-5-2-1-3-6-17/h1-12,22H,13-15H2,(H,32,33). The number of hydrogen-bond donors (Lipinski definition) is 1. The molecule has 11 heteroatoms. The molecule has 0 amide bonds. The molecule has 0 saturated carbocycles. The third kappa shape index (κ3) is 5.16. The lowest BCUT2D eigenvalue weighted by molar-refractivity contribution is -0.139. The second-order valence-electron chi connectivity index (χ2n) is 8.76. The number of sulfone groups is 1. The summed E-state index contributed by atoms with van der Waals surface area (Å²) < 4.78 is 71.9. The first-order valence-electron chi connectivity index (χ1n) is 11.4. The molecular formula is C27H20F3NO5S2. The first-order chi connectivity index (χ1) is 18.0. The third-order valence-corrected chi connectivity index (χ3v) is 9.55. The van der Waals surface area contributed by atoms with Gasteiger partial charge >= 0.3 is 12.1 Å². The van der Waals surface area contributed by atoms with Crippen LogP contribution >= 0.6 is 11.3 Å². The number of alkyl halides is 3. The van der Waals surface area contributed by atoms with Crippen LogP contribution in [-0.2, 0) is 33.0 Å². The fourth-order valence-electron chi connectivity index (χ4n) is 4.41. The average Bonchev–Trinajstić information content (AvgIpc) is 3.32. The molecule has 0 aliphatic heterocycles. The Labute approximate surface area is 220 Å². The topological polar surface area (TPSA) is 93.6 Å². The molecule has 6 nitrogen and oxygen atoms in total. The highest BCUT2D eigenvalue weighted by molar-refractivity contribution is 7.91. The summed E-state index contributed by atoms with van der Waals surface area (Å²) in [4.78, 5) is 16.4. The summed E-state index contributed by atoms with van der Waals surface area (Å²) in [5, 5.41) is 8.66. The van der Waals surface area contributed by atoms with Gasteiger partial charge in [0.05, 0.1) is 21.9 Å². The van der Waals surface area contributed by atoms with Gasteiger partial charge in [-0.05, 0) is 30.2 Å². The van der Waals surface area contributed by atoms with Crippen molar-refractivity contribution in [3.05, 3.63) is 94.4 Å². The number of nitrogens with zero attached hydrogens (tertiary/aromatic N) is 1. The summed E-state index contributed by atoms with van der Waals surface area (Å²) >= 11 is 1.25. The predicted molar refractivity (Wildman–Crippen MR) is 137 cm³/mol. The van der Waals surface area contributed by atoms with Crippen molar-refractivity contribution in [2.75, 3.05) is 6.61 Å². The van der Waals surface area contributed by atoms with E-state index in [2.05, 4.69) is 0 Å². The van der Waals surface area contributed by atoms with Crippen molar-refractivity contribution in [1.29, 1.82) is 0 Å². The van der Waals surface area contributed by atoms with Crippen LogP contribution in [0.1, 0.15) is 26.8 Å². The van der Waals surface area contributed by atoms with Crippen LogP contribution in [0.25, 0.3) is 21.8 Å². The van der Waals surface area contributed by atoms with Crippen LogP contribution in [0.15, 0.2) is 72.8 Å². The van der Waals surface area contributed by atoms with Gasteiger partial charge in [-0.3, -0.25) is 0 Å². The van der Waals surface area contributed by atoms with Crippen LogP contribution in [0.4, 0.5) is 13.2 Å². The van der Waals surface area contributed by atoms with Crippen molar-refractivity contribution < 1.29 is 36.2 Å². The maximum absolute atomic E-state index is 13.8. The number of halogens is 3. The van der Waals surface area contributed by atoms with E-state index in [1.165, 1.54) is 23.5 Å². The van der Waals surface area contributed by atoms with E-state index in [0.717, 1.165) is 17.7 Å². The molecule has 1 unspecified atom stereocenters. The number of carbonyl (C=O) groups is 1. The van der Waals surface area contributed by atoms with Gasteiger partial charge in [-0.1, -0.05) is 54.6 Å². The van der Waals surface area contributed by atoms with E-state index in [1.54, 1.807) is 18.2 Å². The predicted octanol–water partition coefficient (Wildman–Crippen LogP) is 6.17.